The highest BCUT2D eigenvalue weighted by Gasteiger charge is 2.05. The van der Waals surface area contributed by atoms with Gasteiger partial charge in [0.2, 0.25) is 0 Å². The maximum absolute atomic E-state index is 4.45. The number of aromatic nitrogens is 3. The first-order chi connectivity index (χ1) is 8.74. The van der Waals surface area contributed by atoms with Gasteiger partial charge in [-0.3, -0.25) is 10.1 Å². The van der Waals surface area contributed by atoms with Gasteiger partial charge in [0.25, 0.3) is 0 Å². The van der Waals surface area contributed by atoms with Crippen LogP contribution in [0, 0.1) is 0 Å². The molecule has 1 aromatic carbocycles. The number of hydrogen-bond donors (Lipinski definition) is 1. The van der Waals surface area contributed by atoms with E-state index in [1.54, 1.807) is 0 Å². The van der Waals surface area contributed by atoms with Crippen LogP contribution in [0.15, 0.2) is 42.7 Å². The third-order valence-electron chi connectivity index (χ3n) is 3.19. The van der Waals surface area contributed by atoms with Crippen LogP contribution in [0.3, 0.4) is 0 Å². The van der Waals surface area contributed by atoms with Gasteiger partial charge < -0.3 is 0 Å². The first-order valence-electron chi connectivity index (χ1n) is 6.13. The van der Waals surface area contributed by atoms with Gasteiger partial charge in [-0.25, -0.2) is 0 Å². The molecular formula is C15H15N3. The number of pyridine rings is 1. The fourth-order valence-electron chi connectivity index (χ4n) is 2.07. The van der Waals surface area contributed by atoms with E-state index < -0.39 is 0 Å². The molecule has 90 valence electrons. The summed E-state index contributed by atoms with van der Waals surface area (Å²) in [5.41, 5.74) is 4.52. The Bertz CT molecular complexity index is 683. The van der Waals surface area contributed by atoms with Crippen LogP contribution in [0.2, 0.25) is 0 Å². The Morgan fingerprint density at radius 2 is 2.00 bits per heavy atom. The number of H-pyrrole nitrogens is 1. The Labute approximate surface area is 106 Å². The van der Waals surface area contributed by atoms with Crippen molar-refractivity contribution in [3.63, 3.8) is 0 Å². The highest BCUT2D eigenvalue weighted by molar-refractivity contribution is 5.83. The van der Waals surface area contributed by atoms with Crippen LogP contribution < -0.4 is 0 Å². The summed E-state index contributed by atoms with van der Waals surface area (Å²) in [6.45, 7) is 4.39. The molecule has 3 aromatic rings. The number of aromatic amines is 1. The normalized spacial score (nSPS) is 11.3. The molecule has 0 atom stereocenters. The zero-order chi connectivity index (χ0) is 12.5. The monoisotopic (exact) mass is 237 g/mol. The lowest BCUT2D eigenvalue weighted by Gasteiger charge is -2.07. The zero-order valence-corrected chi connectivity index (χ0v) is 10.5. The van der Waals surface area contributed by atoms with E-state index in [1.807, 2.05) is 18.5 Å². The molecule has 3 heteroatoms. The number of hydrogen-bond acceptors (Lipinski definition) is 2. The molecule has 3 rings (SSSR count). The van der Waals surface area contributed by atoms with Crippen molar-refractivity contribution in [2.45, 2.75) is 19.8 Å². The van der Waals surface area contributed by atoms with Crippen LogP contribution in [-0.2, 0) is 0 Å². The number of fused-ring (bicyclic) bond motifs is 1. The summed E-state index contributed by atoms with van der Waals surface area (Å²) in [6.07, 6.45) is 3.72. The summed E-state index contributed by atoms with van der Waals surface area (Å²) in [7, 11) is 0. The molecule has 0 aliphatic rings. The van der Waals surface area contributed by atoms with Crippen molar-refractivity contribution in [1.82, 2.24) is 15.2 Å². The van der Waals surface area contributed by atoms with E-state index in [0.29, 0.717) is 5.92 Å². The van der Waals surface area contributed by atoms with Gasteiger partial charge in [0, 0.05) is 17.1 Å². The van der Waals surface area contributed by atoms with Crippen LogP contribution in [-0.4, -0.2) is 15.2 Å². The summed E-state index contributed by atoms with van der Waals surface area (Å²) in [6, 6.07) is 10.5. The molecule has 0 saturated heterocycles. The molecule has 0 aliphatic carbocycles. The van der Waals surface area contributed by atoms with Crippen molar-refractivity contribution in [3.8, 4) is 11.3 Å². The molecular weight excluding hydrogens is 222 g/mol. The molecule has 0 unspecified atom stereocenters. The second-order valence-corrected chi connectivity index (χ2v) is 4.80. The molecule has 0 fully saturated rings. The van der Waals surface area contributed by atoms with Crippen molar-refractivity contribution in [2.24, 2.45) is 0 Å². The highest BCUT2D eigenvalue weighted by Crippen LogP contribution is 2.24. The van der Waals surface area contributed by atoms with E-state index in [4.69, 9.17) is 0 Å². The number of nitrogens with one attached hydrogen (secondary N) is 1. The zero-order valence-electron chi connectivity index (χ0n) is 10.5. The SMILES string of the molecule is CC(C)c1ccnc(-c2ccc3[nH]ncc3c2)c1. The van der Waals surface area contributed by atoms with Gasteiger partial charge in [-0.15, -0.1) is 0 Å². The van der Waals surface area contributed by atoms with Crippen molar-refractivity contribution < 1.29 is 0 Å². The van der Waals surface area contributed by atoms with Gasteiger partial charge in [-0.2, -0.15) is 5.10 Å². The van der Waals surface area contributed by atoms with Gasteiger partial charge in [-0.05, 0) is 35.7 Å². The maximum atomic E-state index is 4.45. The smallest absolute Gasteiger partial charge is 0.0705 e. The molecule has 0 radical (unpaired) electrons. The fourth-order valence-corrected chi connectivity index (χ4v) is 2.07. The Morgan fingerprint density at radius 1 is 1.11 bits per heavy atom. The number of rotatable bonds is 2. The Morgan fingerprint density at radius 3 is 2.83 bits per heavy atom. The van der Waals surface area contributed by atoms with E-state index in [0.717, 1.165) is 22.2 Å². The second kappa shape index (κ2) is 4.26. The molecule has 0 spiro atoms. The minimum absolute atomic E-state index is 0.518. The van der Waals surface area contributed by atoms with Crippen LogP contribution in [0.4, 0.5) is 0 Å². The first kappa shape index (κ1) is 11.0. The Balaban J connectivity index is 2.10. The molecule has 0 saturated carbocycles. The lowest BCUT2D eigenvalue weighted by Crippen LogP contribution is -1.90. The van der Waals surface area contributed by atoms with E-state index in [2.05, 4.69) is 53.3 Å². The van der Waals surface area contributed by atoms with Crippen molar-refractivity contribution >= 4 is 10.9 Å². The molecule has 3 nitrogen and oxygen atoms in total. The van der Waals surface area contributed by atoms with Gasteiger partial charge in [0.15, 0.2) is 0 Å². The molecule has 1 N–H and O–H groups in total. The van der Waals surface area contributed by atoms with Crippen LogP contribution in [0.1, 0.15) is 25.3 Å². The third-order valence-corrected chi connectivity index (χ3v) is 3.19. The van der Waals surface area contributed by atoms with E-state index in [-0.39, 0.29) is 0 Å². The van der Waals surface area contributed by atoms with E-state index in [9.17, 15) is 0 Å². The minimum atomic E-state index is 0.518. The summed E-state index contributed by atoms with van der Waals surface area (Å²) in [5.74, 6) is 0.518. The molecule has 2 aromatic heterocycles. The van der Waals surface area contributed by atoms with Gasteiger partial charge in [0.1, 0.15) is 0 Å². The van der Waals surface area contributed by atoms with Crippen LogP contribution in [0.5, 0.6) is 0 Å². The van der Waals surface area contributed by atoms with Gasteiger partial charge in [0.05, 0.1) is 17.4 Å². The summed E-state index contributed by atoms with van der Waals surface area (Å²) < 4.78 is 0. The molecule has 0 bridgehead atoms. The predicted molar refractivity (Wildman–Crippen MR) is 73.4 cm³/mol. The van der Waals surface area contributed by atoms with E-state index >= 15 is 0 Å². The molecule has 0 aliphatic heterocycles. The topological polar surface area (TPSA) is 41.6 Å². The van der Waals surface area contributed by atoms with Crippen LogP contribution in [0.25, 0.3) is 22.2 Å². The lowest BCUT2D eigenvalue weighted by molar-refractivity contribution is 0.864. The number of benzene rings is 1. The third kappa shape index (κ3) is 1.88. The summed E-state index contributed by atoms with van der Waals surface area (Å²) in [5, 5.41) is 8.11. The Hall–Kier alpha value is -2.16. The van der Waals surface area contributed by atoms with Crippen LogP contribution >= 0.6 is 0 Å². The predicted octanol–water partition coefficient (Wildman–Crippen LogP) is 3.75. The van der Waals surface area contributed by atoms with Crippen molar-refractivity contribution in [1.29, 1.82) is 0 Å². The molecule has 2 heterocycles. The largest absolute Gasteiger partial charge is 0.278 e. The van der Waals surface area contributed by atoms with Gasteiger partial charge in [-0.1, -0.05) is 19.9 Å². The highest BCUT2D eigenvalue weighted by atomic mass is 15.1. The first-order valence-corrected chi connectivity index (χ1v) is 6.13. The molecule has 0 amide bonds. The Kier molecular flexibility index (Phi) is 2.59. The fraction of sp³-hybridized carbons (Fsp3) is 0.200. The summed E-state index contributed by atoms with van der Waals surface area (Å²) >= 11 is 0. The number of nitrogens with zero attached hydrogens (tertiary/aromatic N) is 2. The standard InChI is InChI=1S/C15H15N3/c1-10(2)11-5-6-16-15(8-11)12-3-4-14-13(7-12)9-17-18-14/h3-10H,1-2H3,(H,17,18). The second-order valence-electron chi connectivity index (χ2n) is 4.80. The van der Waals surface area contributed by atoms with E-state index in [1.165, 1.54) is 5.56 Å². The maximum Gasteiger partial charge on any atom is 0.0705 e. The average Bonchev–Trinajstić information content (AvgIpc) is 2.86. The average molecular weight is 237 g/mol. The lowest BCUT2D eigenvalue weighted by atomic mass is 10.0. The van der Waals surface area contributed by atoms with Crippen molar-refractivity contribution in [2.75, 3.05) is 0 Å². The quantitative estimate of drug-likeness (QED) is 0.737. The molecule has 18 heavy (non-hydrogen) atoms. The van der Waals surface area contributed by atoms with Gasteiger partial charge >= 0.3 is 0 Å². The summed E-state index contributed by atoms with van der Waals surface area (Å²) in [4.78, 5) is 4.45. The van der Waals surface area contributed by atoms with Crippen molar-refractivity contribution in [3.05, 3.63) is 48.3 Å². The minimum Gasteiger partial charge on any atom is -0.278 e.